The lowest BCUT2D eigenvalue weighted by molar-refractivity contribution is 0.281. The molecule has 0 fully saturated rings. The first kappa shape index (κ1) is 12.0. The van der Waals surface area contributed by atoms with Crippen molar-refractivity contribution >= 4 is 5.82 Å². The number of rotatable bonds is 4. The van der Waals surface area contributed by atoms with E-state index in [4.69, 9.17) is 0 Å². The minimum atomic E-state index is 0.0412. The Morgan fingerprint density at radius 1 is 1.40 bits per heavy atom. The Hall–Kier alpha value is -1.09. The maximum Gasteiger partial charge on any atom is 0.132 e. The summed E-state index contributed by atoms with van der Waals surface area (Å²) in [6.07, 6.45) is 0. The van der Waals surface area contributed by atoms with Gasteiger partial charge in [-0.15, -0.1) is 0 Å². The van der Waals surface area contributed by atoms with Crippen molar-refractivity contribution in [2.24, 2.45) is 5.92 Å². The molecule has 1 aromatic rings. The fraction of sp³-hybridized carbons (Fsp3) is 0.583. The van der Waals surface area contributed by atoms with Gasteiger partial charge in [-0.05, 0) is 31.4 Å². The average Bonchev–Trinajstić information content (AvgIpc) is 2.13. The lowest BCUT2D eigenvalue weighted by Gasteiger charge is -2.14. The molecular weight excluding hydrogens is 188 g/mol. The van der Waals surface area contributed by atoms with Crippen LogP contribution in [0.3, 0.4) is 0 Å². The largest absolute Gasteiger partial charge is 0.392 e. The van der Waals surface area contributed by atoms with Crippen LogP contribution in [0.4, 0.5) is 5.82 Å². The van der Waals surface area contributed by atoms with E-state index in [-0.39, 0.29) is 6.61 Å². The van der Waals surface area contributed by atoms with Gasteiger partial charge in [0, 0.05) is 17.8 Å². The van der Waals surface area contributed by atoms with Crippen LogP contribution in [0.15, 0.2) is 6.07 Å². The molecule has 15 heavy (non-hydrogen) atoms. The first-order valence-corrected chi connectivity index (χ1v) is 5.36. The first-order valence-electron chi connectivity index (χ1n) is 5.36. The molecule has 1 aromatic heterocycles. The van der Waals surface area contributed by atoms with Gasteiger partial charge in [0.2, 0.25) is 0 Å². The number of nitrogens with zero attached hydrogens (tertiary/aromatic N) is 1. The number of aliphatic hydroxyl groups is 1. The second-order valence-electron chi connectivity index (χ2n) is 4.34. The van der Waals surface area contributed by atoms with Crippen LogP contribution >= 0.6 is 0 Å². The minimum absolute atomic E-state index is 0.0412. The third-order valence-corrected chi connectivity index (χ3v) is 2.31. The zero-order chi connectivity index (χ0) is 11.4. The highest BCUT2D eigenvalue weighted by molar-refractivity contribution is 5.48. The molecule has 1 heterocycles. The Balaban J connectivity index is 2.93. The summed E-state index contributed by atoms with van der Waals surface area (Å²) in [5.41, 5.74) is 2.98. The number of hydrogen-bond donors (Lipinski definition) is 2. The second kappa shape index (κ2) is 5.12. The zero-order valence-electron chi connectivity index (χ0n) is 9.96. The molecule has 1 rings (SSSR count). The maximum absolute atomic E-state index is 9.28. The minimum Gasteiger partial charge on any atom is -0.392 e. The summed E-state index contributed by atoms with van der Waals surface area (Å²) in [4.78, 5) is 4.41. The summed E-state index contributed by atoms with van der Waals surface area (Å²) < 4.78 is 0. The molecule has 0 spiro atoms. The van der Waals surface area contributed by atoms with Gasteiger partial charge in [-0.1, -0.05) is 13.8 Å². The van der Waals surface area contributed by atoms with Crippen LogP contribution in [0.25, 0.3) is 0 Å². The van der Waals surface area contributed by atoms with Gasteiger partial charge in [-0.2, -0.15) is 0 Å². The monoisotopic (exact) mass is 208 g/mol. The number of nitrogens with one attached hydrogen (secondary N) is 1. The third-order valence-electron chi connectivity index (χ3n) is 2.31. The molecule has 0 radical (unpaired) electrons. The first-order chi connectivity index (χ1) is 7.04. The number of pyridine rings is 1. The van der Waals surface area contributed by atoms with Gasteiger partial charge < -0.3 is 10.4 Å². The molecule has 0 bridgehead atoms. The van der Waals surface area contributed by atoms with Crippen LogP contribution < -0.4 is 5.32 Å². The number of hydrogen-bond acceptors (Lipinski definition) is 3. The van der Waals surface area contributed by atoms with Gasteiger partial charge in [0.15, 0.2) is 0 Å². The van der Waals surface area contributed by atoms with Crippen molar-refractivity contribution in [3.8, 4) is 0 Å². The maximum atomic E-state index is 9.28. The van der Waals surface area contributed by atoms with E-state index >= 15 is 0 Å². The van der Waals surface area contributed by atoms with Crippen LogP contribution in [-0.4, -0.2) is 16.6 Å². The highest BCUT2D eigenvalue weighted by Crippen LogP contribution is 2.18. The van der Waals surface area contributed by atoms with E-state index in [0.29, 0.717) is 5.92 Å². The summed E-state index contributed by atoms with van der Waals surface area (Å²) in [6, 6.07) is 1.99. The van der Waals surface area contributed by atoms with Gasteiger partial charge in [-0.3, -0.25) is 0 Å². The van der Waals surface area contributed by atoms with Crippen molar-refractivity contribution in [3.63, 3.8) is 0 Å². The normalized spacial score (nSPS) is 10.8. The Labute approximate surface area is 91.5 Å². The molecule has 0 aliphatic rings. The highest BCUT2D eigenvalue weighted by atomic mass is 16.3. The van der Waals surface area contributed by atoms with E-state index in [1.165, 1.54) is 0 Å². The van der Waals surface area contributed by atoms with E-state index < -0.39 is 0 Å². The number of aromatic nitrogens is 1. The van der Waals surface area contributed by atoms with Crippen LogP contribution in [0, 0.1) is 19.8 Å². The van der Waals surface area contributed by atoms with Crippen molar-refractivity contribution in [3.05, 3.63) is 22.9 Å². The van der Waals surface area contributed by atoms with Crippen LogP contribution in [0.2, 0.25) is 0 Å². The summed E-state index contributed by atoms with van der Waals surface area (Å²) >= 11 is 0. The zero-order valence-corrected chi connectivity index (χ0v) is 9.96. The summed E-state index contributed by atoms with van der Waals surface area (Å²) in [6.45, 7) is 9.18. The van der Waals surface area contributed by atoms with Gasteiger partial charge in [0.1, 0.15) is 5.82 Å². The molecule has 0 aliphatic heterocycles. The fourth-order valence-corrected chi connectivity index (χ4v) is 1.51. The molecule has 2 N–H and O–H groups in total. The Kier molecular flexibility index (Phi) is 4.09. The predicted molar refractivity (Wildman–Crippen MR) is 63.0 cm³/mol. The molecule has 3 nitrogen and oxygen atoms in total. The average molecular weight is 208 g/mol. The smallest absolute Gasteiger partial charge is 0.132 e. The molecule has 0 saturated heterocycles. The fourth-order valence-electron chi connectivity index (χ4n) is 1.51. The van der Waals surface area contributed by atoms with Crippen molar-refractivity contribution < 1.29 is 5.11 Å². The topological polar surface area (TPSA) is 45.1 Å². The molecule has 0 amide bonds. The summed E-state index contributed by atoms with van der Waals surface area (Å²) in [7, 11) is 0. The third kappa shape index (κ3) is 3.20. The summed E-state index contributed by atoms with van der Waals surface area (Å²) in [5, 5.41) is 12.5. The lowest BCUT2D eigenvalue weighted by atomic mass is 10.1. The van der Waals surface area contributed by atoms with Crippen LogP contribution in [0.1, 0.15) is 30.7 Å². The molecule has 0 aromatic carbocycles. The Morgan fingerprint density at radius 2 is 2.07 bits per heavy atom. The SMILES string of the molecule is Cc1cc(C)c(CO)c(NCC(C)C)n1. The predicted octanol–water partition coefficient (Wildman–Crippen LogP) is 2.26. The lowest BCUT2D eigenvalue weighted by Crippen LogP contribution is -2.12. The summed E-state index contributed by atoms with van der Waals surface area (Å²) in [5.74, 6) is 1.39. The van der Waals surface area contributed by atoms with Crippen molar-refractivity contribution in [2.75, 3.05) is 11.9 Å². The van der Waals surface area contributed by atoms with Crippen molar-refractivity contribution in [1.82, 2.24) is 4.98 Å². The van der Waals surface area contributed by atoms with Gasteiger partial charge in [0.25, 0.3) is 0 Å². The van der Waals surface area contributed by atoms with E-state index in [1.54, 1.807) is 0 Å². The van der Waals surface area contributed by atoms with Gasteiger partial charge >= 0.3 is 0 Å². The highest BCUT2D eigenvalue weighted by Gasteiger charge is 2.07. The van der Waals surface area contributed by atoms with E-state index in [9.17, 15) is 5.11 Å². The number of anilines is 1. The van der Waals surface area contributed by atoms with Crippen molar-refractivity contribution in [1.29, 1.82) is 0 Å². The Morgan fingerprint density at radius 3 is 2.60 bits per heavy atom. The molecule has 3 heteroatoms. The van der Waals surface area contributed by atoms with Crippen molar-refractivity contribution in [2.45, 2.75) is 34.3 Å². The van der Waals surface area contributed by atoms with Gasteiger partial charge in [0.05, 0.1) is 6.61 Å². The quantitative estimate of drug-likeness (QED) is 0.797. The number of aliphatic hydroxyl groups excluding tert-OH is 1. The Bertz CT molecular complexity index is 335. The standard InChI is InChI=1S/C12H20N2O/c1-8(2)6-13-12-11(7-15)9(3)5-10(4)14-12/h5,8,15H,6-7H2,1-4H3,(H,13,14). The molecule has 0 unspecified atom stereocenters. The molecule has 0 saturated carbocycles. The number of aryl methyl sites for hydroxylation is 2. The van der Waals surface area contributed by atoms with E-state index in [2.05, 4.69) is 24.1 Å². The van der Waals surface area contributed by atoms with E-state index in [0.717, 1.165) is 29.2 Å². The molecular formula is C12H20N2O. The molecule has 0 aliphatic carbocycles. The van der Waals surface area contributed by atoms with E-state index in [1.807, 2.05) is 19.9 Å². The van der Waals surface area contributed by atoms with Crippen LogP contribution in [0.5, 0.6) is 0 Å². The molecule has 84 valence electrons. The molecule has 0 atom stereocenters. The second-order valence-corrected chi connectivity index (χ2v) is 4.34. The van der Waals surface area contributed by atoms with Crippen LogP contribution in [-0.2, 0) is 6.61 Å². The van der Waals surface area contributed by atoms with Gasteiger partial charge in [-0.25, -0.2) is 4.98 Å².